The van der Waals surface area contributed by atoms with Crippen molar-refractivity contribution in [1.29, 1.82) is 0 Å². The third-order valence-electron chi connectivity index (χ3n) is 4.07. The van der Waals surface area contributed by atoms with E-state index in [1.54, 1.807) is 28.9 Å². The molecule has 0 saturated carbocycles. The monoisotopic (exact) mass is 391 g/mol. The van der Waals surface area contributed by atoms with Gasteiger partial charge >= 0.3 is 0 Å². The highest BCUT2D eigenvalue weighted by atomic mass is 35.5. The molecule has 26 heavy (non-hydrogen) atoms. The quantitative estimate of drug-likeness (QED) is 0.643. The lowest BCUT2D eigenvalue weighted by Crippen LogP contribution is -2.33. The van der Waals surface area contributed by atoms with Crippen molar-refractivity contribution in [3.05, 3.63) is 57.9 Å². The van der Waals surface area contributed by atoms with Crippen LogP contribution in [0.1, 0.15) is 36.5 Å². The molecule has 1 aromatic carbocycles. The molecule has 0 aliphatic heterocycles. The standard InChI is InChI=1S/C19H19Cl2N3O2/c1-4-11(2)22-19(25)17-10-16(18-8-5-12(3)26-18)23-24(17)13-6-7-14(20)15(21)9-13/h5-11H,4H2,1-3H3,(H,22,25)/t11-/m1/s1. The van der Waals surface area contributed by atoms with Crippen LogP contribution in [0.5, 0.6) is 0 Å². The fraction of sp³-hybridized carbons (Fsp3) is 0.263. The Balaban J connectivity index is 2.09. The minimum Gasteiger partial charge on any atom is -0.460 e. The summed E-state index contributed by atoms with van der Waals surface area (Å²) in [4.78, 5) is 12.7. The van der Waals surface area contributed by atoms with Crippen LogP contribution in [-0.2, 0) is 0 Å². The zero-order chi connectivity index (χ0) is 18.8. The zero-order valence-corrected chi connectivity index (χ0v) is 16.2. The molecule has 2 heterocycles. The average Bonchev–Trinajstić information content (AvgIpc) is 3.23. The third kappa shape index (κ3) is 3.79. The lowest BCUT2D eigenvalue weighted by molar-refractivity contribution is 0.0931. The van der Waals surface area contributed by atoms with Crippen LogP contribution in [0.25, 0.3) is 17.1 Å². The molecular formula is C19H19Cl2N3O2. The van der Waals surface area contributed by atoms with Gasteiger partial charge in [-0.3, -0.25) is 4.79 Å². The van der Waals surface area contributed by atoms with Crippen molar-refractivity contribution in [3.63, 3.8) is 0 Å². The predicted octanol–water partition coefficient (Wildman–Crippen LogP) is 5.28. The number of rotatable bonds is 5. The first-order valence-corrected chi connectivity index (χ1v) is 9.07. The number of amides is 1. The number of furan rings is 1. The molecule has 1 atom stereocenters. The van der Waals surface area contributed by atoms with E-state index in [4.69, 9.17) is 27.6 Å². The Hall–Kier alpha value is -2.24. The van der Waals surface area contributed by atoms with E-state index in [-0.39, 0.29) is 11.9 Å². The van der Waals surface area contributed by atoms with Gasteiger partial charge in [-0.15, -0.1) is 0 Å². The molecular weight excluding hydrogens is 373 g/mol. The van der Waals surface area contributed by atoms with Crippen molar-refractivity contribution in [2.75, 3.05) is 0 Å². The summed E-state index contributed by atoms with van der Waals surface area (Å²) in [6.45, 7) is 5.82. The number of halogens is 2. The van der Waals surface area contributed by atoms with Crippen LogP contribution in [0.2, 0.25) is 10.0 Å². The lowest BCUT2D eigenvalue weighted by Gasteiger charge is -2.12. The van der Waals surface area contributed by atoms with Crippen LogP contribution in [0, 0.1) is 6.92 Å². The van der Waals surface area contributed by atoms with Gasteiger partial charge in [0, 0.05) is 12.1 Å². The van der Waals surface area contributed by atoms with E-state index >= 15 is 0 Å². The summed E-state index contributed by atoms with van der Waals surface area (Å²) in [6, 6.07) is 10.5. The number of carbonyl (C=O) groups excluding carboxylic acids is 1. The van der Waals surface area contributed by atoms with E-state index in [1.165, 1.54) is 0 Å². The van der Waals surface area contributed by atoms with E-state index in [1.807, 2.05) is 32.9 Å². The van der Waals surface area contributed by atoms with E-state index in [0.29, 0.717) is 32.9 Å². The fourth-order valence-electron chi connectivity index (χ4n) is 2.45. The Labute approximate surface area is 161 Å². The number of nitrogens with one attached hydrogen (secondary N) is 1. The van der Waals surface area contributed by atoms with Crippen LogP contribution in [0.4, 0.5) is 0 Å². The Kier molecular flexibility index (Phi) is 5.39. The Bertz CT molecular complexity index is 946. The number of nitrogens with zero attached hydrogens (tertiary/aromatic N) is 2. The Morgan fingerprint density at radius 1 is 1.23 bits per heavy atom. The molecule has 0 bridgehead atoms. The van der Waals surface area contributed by atoms with E-state index in [2.05, 4.69) is 10.4 Å². The molecule has 5 nitrogen and oxygen atoms in total. The highest BCUT2D eigenvalue weighted by Crippen LogP contribution is 2.27. The van der Waals surface area contributed by atoms with Gasteiger partial charge in [0.15, 0.2) is 5.76 Å². The molecule has 136 valence electrons. The van der Waals surface area contributed by atoms with Gasteiger partial charge < -0.3 is 9.73 Å². The second-order valence-electron chi connectivity index (χ2n) is 6.12. The number of benzene rings is 1. The summed E-state index contributed by atoms with van der Waals surface area (Å²) in [7, 11) is 0. The molecule has 2 aromatic heterocycles. The number of hydrogen-bond donors (Lipinski definition) is 1. The summed E-state index contributed by atoms with van der Waals surface area (Å²) in [6.07, 6.45) is 0.830. The molecule has 7 heteroatoms. The molecule has 0 radical (unpaired) electrons. The van der Waals surface area contributed by atoms with Gasteiger partial charge in [-0.05, 0) is 50.6 Å². The smallest absolute Gasteiger partial charge is 0.270 e. The van der Waals surface area contributed by atoms with E-state index in [9.17, 15) is 4.79 Å². The fourth-order valence-corrected chi connectivity index (χ4v) is 2.74. The molecule has 0 spiro atoms. The highest BCUT2D eigenvalue weighted by Gasteiger charge is 2.20. The molecule has 3 rings (SSSR count). The van der Waals surface area contributed by atoms with Gasteiger partial charge in [-0.2, -0.15) is 5.10 Å². The van der Waals surface area contributed by atoms with Crippen LogP contribution < -0.4 is 5.32 Å². The largest absolute Gasteiger partial charge is 0.460 e. The number of carbonyl (C=O) groups is 1. The third-order valence-corrected chi connectivity index (χ3v) is 4.81. The molecule has 0 aliphatic rings. The summed E-state index contributed by atoms with van der Waals surface area (Å²) in [5.74, 6) is 1.15. The molecule has 0 aliphatic carbocycles. The van der Waals surface area contributed by atoms with Crippen molar-refractivity contribution in [2.45, 2.75) is 33.2 Å². The number of aryl methyl sites for hydroxylation is 1. The molecule has 0 fully saturated rings. The SMILES string of the molecule is CC[C@@H](C)NC(=O)c1cc(-c2ccc(C)o2)nn1-c1ccc(Cl)c(Cl)c1. The molecule has 1 N–H and O–H groups in total. The second-order valence-corrected chi connectivity index (χ2v) is 6.93. The average molecular weight is 392 g/mol. The Morgan fingerprint density at radius 2 is 2.00 bits per heavy atom. The first-order chi connectivity index (χ1) is 12.4. The van der Waals surface area contributed by atoms with Crippen molar-refractivity contribution in [3.8, 4) is 17.1 Å². The van der Waals surface area contributed by atoms with Gasteiger partial charge in [0.05, 0.1) is 15.7 Å². The molecule has 0 saturated heterocycles. The summed E-state index contributed by atoms with van der Waals surface area (Å²) < 4.78 is 7.19. The first-order valence-electron chi connectivity index (χ1n) is 8.32. The van der Waals surface area contributed by atoms with Crippen molar-refractivity contribution < 1.29 is 9.21 Å². The molecule has 0 unspecified atom stereocenters. The zero-order valence-electron chi connectivity index (χ0n) is 14.7. The summed E-state index contributed by atoms with van der Waals surface area (Å²) in [5, 5.41) is 8.34. The summed E-state index contributed by atoms with van der Waals surface area (Å²) in [5.41, 5.74) is 1.61. The molecule has 1 amide bonds. The van der Waals surface area contributed by atoms with E-state index in [0.717, 1.165) is 12.2 Å². The van der Waals surface area contributed by atoms with Gasteiger partial charge in [0.25, 0.3) is 5.91 Å². The van der Waals surface area contributed by atoms with Crippen LogP contribution in [-0.4, -0.2) is 21.7 Å². The Morgan fingerprint density at radius 3 is 2.62 bits per heavy atom. The summed E-state index contributed by atoms with van der Waals surface area (Å²) >= 11 is 12.1. The van der Waals surface area contributed by atoms with Gasteiger partial charge in [-0.25, -0.2) is 4.68 Å². The van der Waals surface area contributed by atoms with Gasteiger partial charge in [0.1, 0.15) is 17.1 Å². The first kappa shape index (κ1) is 18.5. The second kappa shape index (κ2) is 7.56. The molecule has 3 aromatic rings. The minimum absolute atomic E-state index is 0.0500. The predicted molar refractivity (Wildman–Crippen MR) is 103 cm³/mol. The van der Waals surface area contributed by atoms with E-state index < -0.39 is 0 Å². The highest BCUT2D eigenvalue weighted by molar-refractivity contribution is 6.42. The normalized spacial score (nSPS) is 12.2. The number of aromatic nitrogens is 2. The van der Waals surface area contributed by atoms with Crippen LogP contribution in [0.3, 0.4) is 0 Å². The lowest BCUT2D eigenvalue weighted by atomic mass is 10.2. The minimum atomic E-state index is -0.215. The van der Waals surface area contributed by atoms with Gasteiger partial charge in [0.2, 0.25) is 0 Å². The maximum Gasteiger partial charge on any atom is 0.270 e. The van der Waals surface area contributed by atoms with Gasteiger partial charge in [-0.1, -0.05) is 30.1 Å². The number of hydrogen-bond acceptors (Lipinski definition) is 3. The topological polar surface area (TPSA) is 60.1 Å². The van der Waals surface area contributed by atoms with Crippen molar-refractivity contribution in [2.24, 2.45) is 0 Å². The van der Waals surface area contributed by atoms with Crippen molar-refractivity contribution >= 4 is 29.1 Å². The maximum atomic E-state index is 12.7. The maximum absolute atomic E-state index is 12.7. The van der Waals surface area contributed by atoms with Crippen molar-refractivity contribution in [1.82, 2.24) is 15.1 Å². The van der Waals surface area contributed by atoms with Crippen LogP contribution >= 0.6 is 23.2 Å². The van der Waals surface area contributed by atoms with Crippen LogP contribution in [0.15, 0.2) is 40.8 Å².